The van der Waals surface area contributed by atoms with Crippen molar-refractivity contribution in [1.29, 1.82) is 0 Å². The molecule has 0 spiro atoms. The molecule has 3 heterocycles. The van der Waals surface area contributed by atoms with Gasteiger partial charge < -0.3 is 70.1 Å². The normalized spacial score (nSPS) is 46.5. The maximum Gasteiger partial charge on any atom is 0.217 e. The molecule has 0 aromatic carbocycles. The maximum absolute atomic E-state index is 12.2. The van der Waals surface area contributed by atoms with Crippen LogP contribution in [0.15, 0.2) is 0 Å². The van der Waals surface area contributed by atoms with Crippen LogP contribution in [-0.2, 0) is 33.3 Å². The van der Waals surface area contributed by atoms with Crippen LogP contribution in [-0.4, -0.2) is 178 Å². The van der Waals surface area contributed by atoms with E-state index in [4.69, 9.17) is 23.7 Å². The zero-order chi connectivity index (χ0) is 31.7. The monoisotopic (exact) mass is 624 g/mol. The molecular formula is C25H44N4O14. The molecule has 1 unspecified atom stereocenters. The van der Waals surface area contributed by atoms with Crippen LogP contribution in [0, 0.1) is 5.92 Å². The Morgan fingerprint density at radius 2 is 1.28 bits per heavy atom. The molecule has 10 N–H and O–H groups in total. The molecule has 0 bridgehead atoms. The Bertz CT molecular complexity index is 965. The topological polar surface area (TPSA) is 261 Å². The Labute approximate surface area is 247 Å². The first kappa shape index (κ1) is 34.3. The highest BCUT2D eigenvalue weighted by Crippen LogP contribution is 2.39. The van der Waals surface area contributed by atoms with E-state index < -0.39 is 130 Å². The number of nitrogens with zero attached hydrogens (tertiary/aromatic N) is 1. The predicted molar refractivity (Wildman–Crippen MR) is 140 cm³/mol. The minimum absolute atomic E-state index is 0.427. The summed E-state index contributed by atoms with van der Waals surface area (Å²) in [6, 6.07) is -3.30. The first-order chi connectivity index (χ1) is 20.3. The van der Waals surface area contributed by atoms with Gasteiger partial charge in [0.1, 0.15) is 48.7 Å². The first-order valence-electron chi connectivity index (χ1n) is 14.1. The Balaban J connectivity index is 1.56. The number of carbonyl (C=O) groups is 2. The minimum Gasteiger partial charge on any atom is -0.396 e. The van der Waals surface area contributed by atoms with Gasteiger partial charge in [0.2, 0.25) is 11.8 Å². The van der Waals surface area contributed by atoms with Gasteiger partial charge >= 0.3 is 0 Å². The lowest BCUT2D eigenvalue weighted by molar-refractivity contribution is -0.339. The van der Waals surface area contributed by atoms with E-state index in [-0.39, 0.29) is 0 Å². The molecular weight excluding hydrogens is 580 g/mol. The van der Waals surface area contributed by atoms with E-state index in [2.05, 4.69) is 16.0 Å². The molecule has 43 heavy (non-hydrogen) atoms. The number of aliphatic hydroxyl groups is 7. The van der Waals surface area contributed by atoms with Crippen molar-refractivity contribution in [2.24, 2.45) is 5.92 Å². The summed E-state index contributed by atoms with van der Waals surface area (Å²) in [5, 5.41) is 81.5. The van der Waals surface area contributed by atoms with Crippen molar-refractivity contribution in [3.63, 3.8) is 0 Å². The summed E-state index contributed by atoms with van der Waals surface area (Å²) in [5.41, 5.74) is 0. The number of ether oxygens (including phenoxy) is 5. The second kappa shape index (κ2) is 14.2. The highest BCUT2D eigenvalue weighted by Gasteiger charge is 2.59. The number of fused-ring (bicyclic) bond motifs is 1. The number of rotatable bonds is 10. The molecule has 0 aromatic rings. The summed E-state index contributed by atoms with van der Waals surface area (Å²) in [6.45, 7) is 0.461. The van der Waals surface area contributed by atoms with Crippen molar-refractivity contribution in [3.8, 4) is 0 Å². The van der Waals surface area contributed by atoms with Crippen LogP contribution in [0.5, 0.6) is 0 Å². The van der Waals surface area contributed by atoms with Crippen LogP contribution in [0.2, 0.25) is 0 Å². The van der Waals surface area contributed by atoms with E-state index in [0.29, 0.717) is 0 Å². The smallest absolute Gasteiger partial charge is 0.217 e. The average molecular weight is 625 g/mol. The van der Waals surface area contributed by atoms with Crippen molar-refractivity contribution in [2.45, 2.75) is 106 Å². The average Bonchev–Trinajstić information content (AvgIpc) is 3.49. The van der Waals surface area contributed by atoms with Crippen LogP contribution in [0.1, 0.15) is 13.8 Å². The zero-order valence-corrected chi connectivity index (χ0v) is 24.3. The molecule has 18 heteroatoms. The Morgan fingerprint density at radius 1 is 0.744 bits per heavy atom. The zero-order valence-electron chi connectivity index (χ0n) is 24.3. The Hall–Kier alpha value is -1.62. The van der Waals surface area contributed by atoms with E-state index >= 15 is 0 Å². The van der Waals surface area contributed by atoms with Gasteiger partial charge in [-0.25, -0.2) is 0 Å². The molecule has 16 atom stereocenters. The molecule has 4 aliphatic rings. The van der Waals surface area contributed by atoms with Crippen molar-refractivity contribution in [3.05, 3.63) is 0 Å². The van der Waals surface area contributed by atoms with E-state index in [1.54, 1.807) is 19.0 Å². The fraction of sp³-hybridized carbons (Fsp3) is 0.920. The van der Waals surface area contributed by atoms with E-state index in [9.17, 15) is 45.3 Å². The van der Waals surface area contributed by atoms with Gasteiger partial charge in [-0.3, -0.25) is 19.8 Å². The molecule has 0 radical (unpaired) electrons. The standard InChI is InChI=1S/C25H44N4O14/c1-8(33)26-14-17(36)16(35)11(6-31)39-23(14)42-22-12(7-32)40-24(15(19(22)38)27-9(2)34)41-21-10(5-30)20-13(18(21)37)28-25(43-20)29(3)4/h10-25,28,30-32,35-38H,5-7H2,1-4H3,(H,26,33)(H,27,34)/t10-,11+,12+,13+,14+,15+,16+,17-,18+,19-,20-,21+,22+,23-,24-,25?/m0/s1. The highest BCUT2D eigenvalue weighted by atomic mass is 16.7. The highest BCUT2D eigenvalue weighted by molar-refractivity contribution is 5.73. The molecule has 1 saturated carbocycles. The summed E-state index contributed by atoms with van der Waals surface area (Å²) in [7, 11) is 3.55. The van der Waals surface area contributed by atoms with Crippen LogP contribution in [0.25, 0.3) is 0 Å². The summed E-state index contributed by atoms with van der Waals surface area (Å²) < 4.78 is 29.5. The number of amides is 2. The SMILES string of the molecule is CC(=O)N[C@H]1[C@H](O[C@H]2[C@@H](O)[C@@H](NC(C)=O)[C@H](O[C@H]3[C@H](O)[C@H]4NC(N(C)C)O[C@H]4[C@@H]3CO)O[C@@H]2CO)O[C@H](CO)[C@@H](O)[C@H]1O. The molecule has 4 fully saturated rings. The lowest BCUT2D eigenvalue weighted by atomic mass is 9.94. The van der Waals surface area contributed by atoms with Crippen LogP contribution < -0.4 is 16.0 Å². The predicted octanol–water partition coefficient (Wildman–Crippen LogP) is -6.53. The second-order valence-electron chi connectivity index (χ2n) is 11.5. The fourth-order valence-corrected chi connectivity index (χ4v) is 6.13. The lowest BCUT2D eigenvalue weighted by Gasteiger charge is -2.48. The number of aliphatic hydroxyl groups excluding tert-OH is 7. The van der Waals surface area contributed by atoms with Gasteiger partial charge in [-0.15, -0.1) is 0 Å². The molecule has 1 aliphatic carbocycles. The van der Waals surface area contributed by atoms with Crippen LogP contribution in [0.4, 0.5) is 0 Å². The van der Waals surface area contributed by atoms with Crippen molar-refractivity contribution >= 4 is 11.8 Å². The molecule has 248 valence electrons. The number of hydrogen-bond acceptors (Lipinski definition) is 16. The molecule has 18 nitrogen and oxygen atoms in total. The lowest BCUT2D eigenvalue weighted by Crippen LogP contribution is -2.69. The number of carbonyl (C=O) groups excluding carboxylic acids is 2. The van der Waals surface area contributed by atoms with Crippen LogP contribution in [0.3, 0.4) is 0 Å². The Kier molecular flexibility index (Phi) is 11.3. The molecule has 4 rings (SSSR count). The van der Waals surface area contributed by atoms with Gasteiger partial charge in [0, 0.05) is 19.8 Å². The van der Waals surface area contributed by atoms with Crippen LogP contribution >= 0.6 is 0 Å². The first-order valence-corrected chi connectivity index (χ1v) is 14.1. The third kappa shape index (κ3) is 6.97. The summed E-state index contributed by atoms with van der Waals surface area (Å²) >= 11 is 0. The number of hydrogen-bond donors (Lipinski definition) is 10. The fourth-order valence-electron chi connectivity index (χ4n) is 6.13. The molecule has 3 aliphatic heterocycles. The summed E-state index contributed by atoms with van der Waals surface area (Å²) in [4.78, 5) is 25.7. The van der Waals surface area contributed by atoms with Gasteiger partial charge in [0.15, 0.2) is 18.9 Å². The van der Waals surface area contributed by atoms with Gasteiger partial charge in [0.25, 0.3) is 0 Å². The van der Waals surface area contributed by atoms with E-state index in [0.717, 1.165) is 6.92 Å². The maximum atomic E-state index is 12.2. The molecule has 2 amide bonds. The number of nitrogens with one attached hydrogen (secondary N) is 3. The van der Waals surface area contributed by atoms with E-state index in [1.807, 2.05) is 0 Å². The summed E-state index contributed by atoms with van der Waals surface area (Å²) in [6.07, 6.45) is -15.4. The minimum atomic E-state index is -1.66. The van der Waals surface area contributed by atoms with Crippen molar-refractivity contribution < 1.29 is 69.0 Å². The van der Waals surface area contributed by atoms with Gasteiger partial charge in [-0.2, -0.15) is 0 Å². The molecule has 0 aromatic heterocycles. The van der Waals surface area contributed by atoms with Gasteiger partial charge in [-0.05, 0) is 14.1 Å². The van der Waals surface area contributed by atoms with Crippen molar-refractivity contribution in [1.82, 2.24) is 20.9 Å². The second-order valence-corrected chi connectivity index (χ2v) is 11.5. The summed E-state index contributed by atoms with van der Waals surface area (Å²) in [5.74, 6) is -1.92. The van der Waals surface area contributed by atoms with Crippen molar-refractivity contribution in [2.75, 3.05) is 33.9 Å². The van der Waals surface area contributed by atoms with Gasteiger partial charge in [0.05, 0.1) is 44.2 Å². The molecule has 3 saturated heterocycles. The Morgan fingerprint density at radius 3 is 1.79 bits per heavy atom. The largest absolute Gasteiger partial charge is 0.396 e. The third-order valence-electron chi connectivity index (χ3n) is 8.26. The van der Waals surface area contributed by atoms with Gasteiger partial charge in [-0.1, -0.05) is 0 Å². The quantitative estimate of drug-likeness (QED) is 0.108. The van der Waals surface area contributed by atoms with E-state index in [1.165, 1.54) is 6.92 Å². The third-order valence-corrected chi connectivity index (χ3v) is 8.26.